The van der Waals surface area contributed by atoms with Crippen molar-refractivity contribution in [2.45, 2.75) is 0 Å². The van der Waals surface area contributed by atoms with E-state index in [2.05, 4.69) is 15.9 Å². The van der Waals surface area contributed by atoms with Crippen LogP contribution in [-0.4, -0.2) is 0 Å². The molecular formula is C9H5BrClNOS. The molecule has 5 heteroatoms. The molecule has 0 aliphatic rings. The second kappa shape index (κ2) is 3.53. The van der Waals surface area contributed by atoms with Gasteiger partial charge in [-0.1, -0.05) is 11.6 Å². The molecule has 0 unspecified atom stereocenters. The first kappa shape index (κ1) is 9.96. The Morgan fingerprint density at radius 1 is 1.43 bits per heavy atom. The summed E-state index contributed by atoms with van der Waals surface area (Å²) in [6.45, 7) is 0. The topological polar surface area (TPSA) is 43.1 Å². The summed E-state index contributed by atoms with van der Waals surface area (Å²) in [6, 6.07) is 5.20. The van der Waals surface area contributed by atoms with Crippen LogP contribution in [0.1, 0.15) is 0 Å². The lowest BCUT2D eigenvalue weighted by Gasteiger charge is -2.00. The monoisotopic (exact) mass is 289 g/mol. The minimum Gasteiger partial charge on any atom is -0.394 e. The molecule has 0 saturated heterocycles. The Bertz CT molecular complexity index is 566. The predicted octanol–water partition coefficient (Wildman–Crippen LogP) is 3.26. The fourth-order valence-electron chi connectivity index (χ4n) is 1.15. The highest BCUT2D eigenvalue weighted by molar-refractivity contribution is 9.11. The Labute approximate surface area is 97.4 Å². The molecule has 2 aromatic rings. The third-order valence-corrected chi connectivity index (χ3v) is 3.97. The molecule has 2 N–H and O–H groups in total. The highest BCUT2D eigenvalue weighted by Gasteiger charge is 2.07. The van der Waals surface area contributed by atoms with E-state index in [-0.39, 0.29) is 11.1 Å². The second-order valence-electron chi connectivity index (χ2n) is 2.76. The highest BCUT2D eigenvalue weighted by Crippen LogP contribution is 2.29. The Hall–Kier alpha value is -0.580. The first-order chi connectivity index (χ1) is 6.59. The number of fused-ring (bicyclic) bond motifs is 1. The number of hydrogen-bond acceptors (Lipinski definition) is 3. The number of hydrogen-bond donors (Lipinski definition) is 1. The SMILES string of the molecule is Nc1c(Br)sc2ccc(Cl)cc2c1=O. The van der Waals surface area contributed by atoms with Crippen LogP contribution < -0.4 is 11.2 Å². The summed E-state index contributed by atoms with van der Waals surface area (Å²) in [4.78, 5) is 11.7. The van der Waals surface area contributed by atoms with Crippen LogP contribution in [0.25, 0.3) is 10.1 Å². The Balaban J connectivity index is 2.99. The normalized spacial score (nSPS) is 10.7. The molecule has 0 aliphatic heterocycles. The van der Waals surface area contributed by atoms with Crippen molar-refractivity contribution in [3.05, 3.63) is 37.2 Å². The molecular weight excluding hydrogens is 286 g/mol. The zero-order valence-electron chi connectivity index (χ0n) is 6.88. The van der Waals surface area contributed by atoms with E-state index in [1.165, 1.54) is 11.3 Å². The van der Waals surface area contributed by atoms with E-state index in [0.29, 0.717) is 14.2 Å². The van der Waals surface area contributed by atoms with Crippen LogP contribution >= 0.6 is 38.9 Å². The minimum atomic E-state index is -0.173. The molecule has 0 saturated carbocycles. The molecule has 0 amide bonds. The van der Waals surface area contributed by atoms with E-state index in [1.54, 1.807) is 12.1 Å². The number of rotatable bonds is 0. The summed E-state index contributed by atoms with van der Waals surface area (Å²) in [5, 5.41) is 1.12. The second-order valence-corrected chi connectivity index (χ2v) is 5.57. The van der Waals surface area contributed by atoms with Crippen LogP contribution in [0.15, 0.2) is 26.8 Å². The molecule has 0 radical (unpaired) electrons. The third kappa shape index (κ3) is 1.54. The number of nitrogens with two attached hydrogens (primary N) is 1. The van der Waals surface area contributed by atoms with Gasteiger partial charge in [0.15, 0.2) is 0 Å². The van der Waals surface area contributed by atoms with Crippen molar-refractivity contribution >= 4 is 54.6 Å². The van der Waals surface area contributed by atoms with Crippen LogP contribution in [0.4, 0.5) is 5.69 Å². The van der Waals surface area contributed by atoms with Gasteiger partial charge in [-0.05, 0) is 34.1 Å². The smallest absolute Gasteiger partial charge is 0.212 e. The van der Waals surface area contributed by atoms with Gasteiger partial charge in [-0.15, -0.1) is 11.3 Å². The average Bonchev–Trinajstić information content (AvgIpc) is 2.16. The van der Waals surface area contributed by atoms with Gasteiger partial charge in [0.25, 0.3) is 0 Å². The summed E-state index contributed by atoms with van der Waals surface area (Å²) in [5.74, 6) is 0. The van der Waals surface area contributed by atoms with Gasteiger partial charge >= 0.3 is 0 Å². The zero-order chi connectivity index (χ0) is 10.3. The van der Waals surface area contributed by atoms with E-state index in [0.717, 1.165) is 4.70 Å². The number of nitrogen functional groups attached to an aromatic ring is 1. The molecule has 0 bridgehead atoms. The van der Waals surface area contributed by atoms with Crippen molar-refractivity contribution in [3.63, 3.8) is 0 Å². The molecule has 2 nitrogen and oxygen atoms in total. The third-order valence-electron chi connectivity index (χ3n) is 1.84. The van der Waals surface area contributed by atoms with Crippen molar-refractivity contribution in [2.75, 3.05) is 5.73 Å². The maximum atomic E-state index is 11.7. The van der Waals surface area contributed by atoms with Gasteiger partial charge < -0.3 is 5.73 Å². The van der Waals surface area contributed by atoms with Gasteiger partial charge in [0.1, 0.15) is 5.69 Å². The standard InChI is InChI=1S/C9H5BrClNOS/c10-9-7(12)8(13)5-3-4(11)1-2-6(5)14-9/h1-3H,12H2. The van der Waals surface area contributed by atoms with E-state index < -0.39 is 0 Å². The molecule has 0 fully saturated rings. The molecule has 1 aromatic carbocycles. The number of halogens is 2. The Morgan fingerprint density at radius 2 is 2.14 bits per heavy atom. The summed E-state index contributed by atoms with van der Waals surface area (Å²) in [6.07, 6.45) is 0. The number of benzene rings is 1. The fourth-order valence-corrected chi connectivity index (χ4v) is 2.82. The first-order valence-electron chi connectivity index (χ1n) is 3.77. The van der Waals surface area contributed by atoms with Crippen LogP contribution in [0, 0.1) is 0 Å². The molecule has 2 rings (SSSR count). The maximum absolute atomic E-state index is 11.7. The summed E-state index contributed by atoms with van der Waals surface area (Å²) < 4.78 is 1.54. The van der Waals surface area contributed by atoms with Gasteiger partial charge in [-0.3, -0.25) is 4.79 Å². The van der Waals surface area contributed by atoms with E-state index in [1.807, 2.05) is 6.07 Å². The summed E-state index contributed by atoms with van der Waals surface area (Å²) in [5.41, 5.74) is 5.67. The van der Waals surface area contributed by atoms with Crippen molar-refractivity contribution in [1.82, 2.24) is 0 Å². The fraction of sp³-hybridized carbons (Fsp3) is 0. The summed E-state index contributed by atoms with van der Waals surface area (Å²) >= 11 is 10.5. The Morgan fingerprint density at radius 3 is 2.86 bits per heavy atom. The molecule has 1 heterocycles. The molecule has 0 atom stereocenters. The minimum absolute atomic E-state index is 0.173. The van der Waals surface area contributed by atoms with Crippen LogP contribution in [0.5, 0.6) is 0 Å². The predicted molar refractivity (Wildman–Crippen MR) is 65.2 cm³/mol. The van der Waals surface area contributed by atoms with Crippen LogP contribution in [0.2, 0.25) is 5.02 Å². The maximum Gasteiger partial charge on any atom is 0.212 e. The van der Waals surface area contributed by atoms with Crippen LogP contribution in [0.3, 0.4) is 0 Å². The lowest BCUT2D eigenvalue weighted by molar-refractivity contribution is 1.67. The van der Waals surface area contributed by atoms with Gasteiger partial charge in [0.05, 0.1) is 3.79 Å². The van der Waals surface area contributed by atoms with Gasteiger partial charge in [0, 0.05) is 15.1 Å². The molecule has 0 aliphatic carbocycles. The van der Waals surface area contributed by atoms with Gasteiger partial charge in [0.2, 0.25) is 5.43 Å². The van der Waals surface area contributed by atoms with E-state index in [9.17, 15) is 4.79 Å². The van der Waals surface area contributed by atoms with Crippen LogP contribution in [-0.2, 0) is 0 Å². The lowest BCUT2D eigenvalue weighted by atomic mass is 10.2. The van der Waals surface area contributed by atoms with Gasteiger partial charge in [-0.2, -0.15) is 0 Å². The zero-order valence-corrected chi connectivity index (χ0v) is 10.0. The van der Waals surface area contributed by atoms with Gasteiger partial charge in [-0.25, -0.2) is 0 Å². The van der Waals surface area contributed by atoms with Crippen molar-refractivity contribution < 1.29 is 0 Å². The molecule has 0 spiro atoms. The average molecular weight is 291 g/mol. The Kier molecular flexibility index (Phi) is 2.51. The first-order valence-corrected chi connectivity index (χ1v) is 5.75. The lowest BCUT2D eigenvalue weighted by Crippen LogP contribution is -2.07. The van der Waals surface area contributed by atoms with E-state index >= 15 is 0 Å². The van der Waals surface area contributed by atoms with Crippen molar-refractivity contribution in [3.8, 4) is 0 Å². The van der Waals surface area contributed by atoms with E-state index in [4.69, 9.17) is 17.3 Å². The highest BCUT2D eigenvalue weighted by atomic mass is 79.9. The largest absolute Gasteiger partial charge is 0.394 e. The van der Waals surface area contributed by atoms with Crippen molar-refractivity contribution in [2.24, 2.45) is 0 Å². The molecule has 14 heavy (non-hydrogen) atoms. The quantitative estimate of drug-likeness (QED) is 0.809. The molecule has 1 aromatic heterocycles. The van der Waals surface area contributed by atoms with Crippen molar-refractivity contribution in [1.29, 1.82) is 0 Å². The number of anilines is 1. The summed E-state index contributed by atoms with van der Waals surface area (Å²) in [7, 11) is 0. The molecule has 72 valence electrons.